The van der Waals surface area contributed by atoms with Crippen molar-refractivity contribution in [3.05, 3.63) is 53.9 Å². The lowest BCUT2D eigenvalue weighted by atomic mass is 9.85. The zero-order valence-corrected chi connectivity index (χ0v) is 12.7. The number of amides is 2. The molecule has 0 bridgehead atoms. The number of anilines is 1. The number of fused-ring (bicyclic) bond motifs is 1. The van der Waals surface area contributed by atoms with Crippen LogP contribution < -0.4 is 10.4 Å². The number of piperazine rings is 1. The van der Waals surface area contributed by atoms with E-state index in [0.29, 0.717) is 24.6 Å². The lowest BCUT2D eigenvalue weighted by Crippen LogP contribution is -2.80. The van der Waals surface area contributed by atoms with Gasteiger partial charge in [-0.05, 0) is 12.1 Å². The van der Waals surface area contributed by atoms with E-state index in [1.54, 1.807) is 5.48 Å². The van der Waals surface area contributed by atoms with Gasteiger partial charge < -0.3 is 9.80 Å². The highest BCUT2D eigenvalue weighted by molar-refractivity contribution is 5.95. The van der Waals surface area contributed by atoms with E-state index in [9.17, 15) is 9.59 Å². The Hall–Kier alpha value is -3.00. The molecule has 0 aliphatic carbocycles. The molecule has 2 fully saturated rings. The molecular formula is C16H15N5O3. The van der Waals surface area contributed by atoms with Crippen LogP contribution in [-0.2, 0) is 0 Å². The summed E-state index contributed by atoms with van der Waals surface area (Å²) in [5.41, 5.74) is 2.43. The number of likely N-dealkylation sites (tertiary alicyclic amines) is 1. The second-order valence-corrected chi connectivity index (χ2v) is 5.82. The molecule has 2 atom stereocenters. The molecule has 1 aromatic heterocycles. The molecule has 2 unspecified atom stereocenters. The van der Waals surface area contributed by atoms with Crippen LogP contribution in [0, 0.1) is 0 Å². The van der Waals surface area contributed by atoms with Crippen LogP contribution in [0.2, 0.25) is 0 Å². The normalized spacial score (nSPS) is 21.4. The minimum atomic E-state index is -0.647. The molecule has 2 N–H and O–H groups in total. The Morgan fingerprint density at radius 2 is 1.75 bits per heavy atom. The van der Waals surface area contributed by atoms with Crippen molar-refractivity contribution in [3.63, 3.8) is 0 Å². The minimum absolute atomic E-state index is 0.0485. The highest BCUT2D eigenvalue weighted by Gasteiger charge is 2.54. The predicted molar refractivity (Wildman–Crippen MR) is 83.7 cm³/mol. The zero-order chi connectivity index (χ0) is 16.7. The van der Waals surface area contributed by atoms with Crippen molar-refractivity contribution in [2.75, 3.05) is 18.0 Å². The molecule has 3 heterocycles. The molecule has 1 aromatic carbocycles. The molecule has 0 radical (unpaired) electrons. The number of benzene rings is 1. The highest BCUT2D eigenvalue weighted by Crippen LogP contribution is 2.36. The summed E-state index contributed by atoms with van der Waals surface area (Å²) in [6.45, 7) is 1.31. The molecule has 2 aliphatic heterocycles. The van der Waals surface area contributed by atoms with Crippen molar-refractivity contribution in [2.24, 2.45) is 0 Å². The molecule has 2 aromatic rings. The molecule has 8 nitrogen and oxygen atoms in total. The fourth-order valence-electron chi connectivity index (χ4n) is 3.12. The maximum absolute atomic E-state index is 12.4. The number of aromatic nitrogens is 2. The van der Waals surface area contributed by atoms with E-state index in [0.717, 1.165) is 0 Å². The maximum atomic E-state index is 12.4. The average Bonchev–Trinajstić information content (AvgIpc) is 2.63. The second kappa shape index (κ2) is 5.57. The van der Waals surface area contributed by atoms with Crippen molar-refractivity contribution in [1.29, 1.82) is 0 Å². The van der Waals surface area contributed by atoms with Gasteiger partial charge in [0.2, 0.25) is 5.95 Å². The van der Waals surface area contributed by atoms with Gasteiger partial charge in [-0.1, -0.05) is 18.2 Å². The monoisotopic (exact) mass is 325 g/mol. The summed E-state index contributed by atoms with van der Waals surface area (Å²) in [6, 6.07) is 9.64. The Morgan fingerprint density at radius 1 is 1.04 bits per heavy atom. The Bertz CT molecular complexity index is 780. The number of carbonyl (C=O) groups excluding carboxylic acids is 2. The van der Waals surface area contributed by atoms with Crippen LogP contribution in [0.15, 0.2) is 42.7 Å². The topological polar surface area (TPSA) is 98.7 Å². The molecule has 8 heteroatoms. The number of nitrogens with zero attached hydrogens (tertiary/aromatic N) is 4. The summed E-state index contributed by atoms with van der Waals surface area (Å²) in [7, 11) is 0. The van der Waals surface area contributed by atoms with Crippen molar-refractivity contribution in [3.8, 4) is 0 Å². The van der Waals surface area contributed by atoms with Gasteiger partial charge in [0.05, 0.1) is 17.6 Å². The van der Waals surface area contributed by atoms with Crippen molar-refractivity contribution >= 4 is 17.8 Å². The van der Waals surface area contributed by atoms with Gasteiger partial charge in [-0.3, -0.25) is 14.8 Å². The quantitative estimate of drug-likeness (QED) is 0.622. The smallest absolute Gasteiger partial charge is 0.277 e. The van der Waals surface area contributed by atoms with E-state index in [1.165, 1.54) is 12.4 Å². The first-order valence-corrected chi connectivity index (χ1v) is 7.58. The summed E-state index contributed by atoms with van der Waals surface area (Å²) in [5, 5.41) is 8.58. The van der Waals surface area contributed by atoms with E-state index in [1.807, 2.05) is 40.1 Å². The SMILES string of the molecule is O=C(NO)c1cnc(N2CC3C2CN3C(=O)c2ccccc2)nc1. The Morgan fingerprint density at radius 3 is 2.33 bits per heavy atom. The summed E-state index contributed by atoms with van der Waals surface area (Å²) in [5.74, 6) is -0.0729. The summed E-state index contributed by atoms with van der Waals surface area (Å²) in [6.07, 6.45) is 2.74. The van der Waals surface area contributed by atoms with Crippen LogP contribution in [0.25, 0.3) is 0 Å². The zero-order valence-electron chi connectivity index (χ0n) is 12.7. The lowest BCUT2D eigenvalue weighted by molar-refractivity contribution is 0.0120. The third-order valence-electron chi connectivity index (χ3n) is 4.55. The Kier molecular flexibility index (Phi) is 3.39. The van der Waals surface area contributed by atoms with E-state index in [-0.39, 0.29) is 23.6 Å². The summed E-state index contributed by atoms with van der Waals surface area (Å²) >= 11 is 0. The average molecular weight is 325 g/mol. The third kappa shape index (κ3) is 2.19. The van der Waals surface area contributed by atoms with Crippen LogP contribution in [0.3, 0.4) is 0 Å². The predicted octanol–water partition coefficient (Wildman–Crippen LogP) is 0.309. The first-order chi connectivity index (χ1) is 11.7. The fourth-order valence-corrected chi connectivity index (χ4v) is 3.12. The van der Waals surface area contributed by atoms with Crippen LogP contribution in [-0.4, -0.2) is 57.1 Å². The molecule has 0 spiro atoms. The van der Waals surface area contributed by atoms with Gasteiger partial charge in [0.15, 0.2) is 0 Å². The van der Waals surface area contributed by atoms with Crippen molar-refractivity contribution in [2.45, 2.75) is 12.1 Å². The van der Waals surface area contributed by atoms with Gasteiger partial charge in [-0.2, -0.15) is 0 Å². The molecule has 2 amide bonds. The maximum Gasteiger partial charge on any atom is 0.277 e. The standard InChI is InChI=1S/C16H15N5O3/c22-14(19-24)11-6-17-16(18-7-11)21-9-12-13(21)8-20(12)15(23)10-4-2-1-3-5-10/h1-7,12-13,24H,8-9H2,(H,19,22). The number of hydrogen-bond acceptors (Lipinski definition) is 6. The van der Waals surface area contributed by atoms with E-state index >= 15 is 0 Å². The van der Waals surface area contributed by atoms with Crippen LogP contribution in [0.5, 0.6) is 0 Å². The Balaban J connectivity index is 1.40. The van der Waals surface area contributed by atoms with Crippen LogP contribution in [0.1, 0.15) is 20.7 Å². The second-order valence-electron chi connectivity index (χ2n) is 5.82. The molecule has 2 aliphatic rings. The van der Waals surface area contributed by atoms with Gasteiger partial charge in [-0.15, -0.1) is 0 Å². The molecule has 0 saturated carbocycles. The van der Waals surface area contributed by atoms with E-state index < -0.39 is 5.91 Å². The van der Waals surface area contributed by atoms with Gasteiger partial charge in [-0.25, -0.2) is 15.4 Å². The first-order valence-electron chi connectivity index (χ1n) is 7.58. The van der Waals surface area contributed by atoms with Gasteiger partial charge in [0, 0.05) is 31.0 Å². The first kappa shape index (κ1) is 14.6. The van der Waals surface area contributed by atoms with Gasteiger partial charge in [0.1, 0.15) is 0 Å². The van der Waals surface area contributed by atoms with Crippen molar-refractivity contribution < 1.29 is 14.8 Å². The number of hydroxylamine groups is 1. The number of nitrogens with one attached hydrogen (secondary N) is 1. The third-order valence-corrected chi connectivity index (χ3v) is 4.55. The van der Waals surface area contributed by atoms with Gasteiger partial charge >= 0.3 is 0 Å². The minimum Gasteiger partial charge on any atom is -0.332 e. The summed E-state index contributed by atoms with van der Waals surface area (Å²) in [4.78, 5) is 35.9. The summed E-state index contributed by atoms with van der Waals surface area (Å²) < 4.78 is 0. The lowest BCUT2D eigenvalue weighted by Gasteiger charge is -2.61. The molecule has 2 saturated heterocycles. The number of carbonyl (C=O) groups is 2. The Labute approximate surface area is 137 Å². The van der Waals surface area contributed by atoms with Crippen LogP contribution >= 0.6 is 0 Å². The van der Waals surface area contributed by atoms with Crippen LogP contribution in [0.4, 0.5) is 5.95 Å². The molecular weight excluding hydrogens is 310 g/mol. The number of rotatable bonds is 3. The molecule has 24 heavy (non-hydrogen) atoms. The van der Waals surface area contributed by atoms with E-state index in [4.69, 9.17) is 5.21 Å². The van der Waals surface area contributed by atoms with Crippen molar-refractivity contribution in [1.82, 2.24) is 20.3 Å². The molecule has 122 valence electrons. The van der Waals surface area contributed by atoms with Gasteiger partial charge in [0.25, 0.3) is 11.8 Å². The fraction of sp³-hybridized carbons (Fsp3) is 0.250. The highest BCUT2D eigenvalue weighted by atomic mass is 16.5. The largest absolute Gasteiger partial charge is 0.332 e. The van der Waals surface area contributed by atoms with E-state index in [2.05, 4.69) is 9.97 Å². The number of hydrogen-bond donors (Lipinski definition) is 2. The molecule has 4 rings (SSSR count).